The zero-order valence-electron chi connectivity index (χ0n) is 11.3. The first-order valence-electron chi connectivity index (χ1n) is 5.98. The molecule has 1 aromatic heterocycles. The van der Waals surface area contributed by atoms with E-state index in [9.17, 15) is 4.79 Å². The molecule has 0 spiro atoms. The summed E-state index contributed by atoms with van der Waals surface area (Å²) >= 11 is 0. The number of ether oxygens (including phenoxy) is 1. The van der Waals surface area contributed by atoms with Crippen LogP contribution in [0.5, 0.6) is 0 Å². The molecule has 18 heavy (non-hydrogen) atoms. The van der Waals surface area contributed by atoms with Crippen molar-refractivity contribution in [1.82, 2.24) is 10.2 Å². The third kappa shape index (κ3) is 5.47. The fourth-order valence-electron chi connectivity index (χ4n) is 1.15. The predicted octanol–water partition coefficient (Wildman–Crippen LogP) is 2.65. The van der Waals surface area contributed by atoms with Crippen LogP contribution in [0.4, 0.5) is 16.4 Å². The van der Waals surface area contributed by atoms with Crippen LogP contribution in [0.3, 0.4) is 0 Å². The molecule has 0 saturated carbocycles. The Hall–Kier alpha value is -1.85. The number of nitrogens with zero attached hydrogens (tertiary/aromatic N) is 2. The number of carbonyl (C=O) groups excluding carboxylic acids is 1. The second-order valence-corrected chi connectivity index (χ2v) is 4.86. The van der Waals surface area contributed by atoms with E-state index in [-0.39, 0.29) is 0 Å². The van der Waals surface area contributed by atoms with Crippen molar-refractivity contribution in [3.05, 3.63) is 12.1 Å². The van der Waals surface area contributed by atoms with Crippen molar-refractivity contribution in [2.45, 2.75) is 39.7 Å². The molecular weight excluding hydrogens is 232 g/mol. The van der Waals surface area contributed by atoms with Gasteiger partial charge in [0.25, 0.3) is 0 Å². The van der Waals surface area contributed by atoms with Gasteiger partial charge in [0.1, 0.15) is 11.4 Å². The van der Waals surface area contributed by atoms with Gasteiger partial charge in [0, 0.05) is 6.54 Å². The van der Waals surface area contributed by atoms with Gasteiger partial charge in [0.2, 0.25) is 0 Å². The minimum Gasteiger partial charge on any atom is -0.444 e. The number of hydrogen-bond acceptors (Lipinski definition) is 5. The Morgan fingerprint density at radius 3 is 2.39 bits per heavy atom. The second kappa shape index (κ2) is 6.18. The van der Waals surface area contributed by atoms with Crippen LogP contribution in [0, 0.1) is 0 Å². The summed E-state index contributed by atoms with van der Waals surface area (Å²) in [6, 6.07) is 3.43. The fraction of sp³-hybridized carbons (Fsp3) is 0.583. The van der Waals surface area contributed by atoms with Gasteiger partial charge >= 0.3 is 6.09 Å². The number of carbonyl (C=O) groups is 1. The van der Waals surface area contributed by atoms with Crippen molar-refractivity contribution < 1.29 is 9.53 Å². The van der Waals surface area contributed by atoms with E-state index >= 15 is 0 Å². The maximum absolute atomic E-state index is 11.5. The number of rotatable bonds is 4. The van der Waals surface area contributed by atoms with E-state index in [1.165, 1.54) is 0 Å². The average molecular weight is 252 g/mol. The summed E-state index contributed by atoms with van der Waals surface area (Å²) < 4.78 is 5.10. The smallest absolute Gasteiger partial charge is 0.413 e. The van der Waals surface area contributed by atoms with Crippen molar-refractivity contribution in [1.29, 1.82) is 0 Å². The van der Waals surface area contributed by atoms with Crippen LogP contribution in [0.2, 0.25) is 0 Å². The van der Waals surface area contributed by atoms with Crippen molar-refractivity contribution in [3.8, 4) is 0 Å². The lowest BCUT2D eigenvalue weighted by atomic mass is 10.2. The molecule has 0 aliphatic carbocycles. The molecule has 0 aromatic carbocycles. The summed E-state index contributed by atoms with van der Waals surface area (Å²) in [5.41, 5.74) is -0.528. The Kier molecular flexibility index (Phi) is 4.88. The van der Waals surface area contributed by atoms with Crippen LogP contribution < -0.4 is 10.6 Å². The highest BCUT2D eigenvalue weighted by atomic mass is 16.6. The molecule has 0 fully saturated rings. The van der Waals surface area contributed by atoms with Gasteiger partial charge in [-0.3, -0.25) is 5.32 Å². The molecule has 1 heterocycles. The first-order chi connectivity index (χ1) is 8.40. The molecule has 2 N–H and O–H groups in total. The SMILES string of the molecule is CCCNc1ccc(NC(=O)OC(C)(C)C)nn1. The summed E-state index contributed by atoms with van der Waals surface area (Å²) in [4.78, 5) is 11.5. The summed E-state index contributed by atoms with van der Waals surface area (Å²) in [6.45, 7) is 8.31. The fourth-order valence-corrected chi connectivity index (χ4v) is 1.15. The van der Waals surface area contributed by atoms with Crippen molar-refractivity contribution in [2.24, 2.45) is 0 Å². The average Bonchev–Trinajstić information content (AvgIpc) is 2.25. The molecule has 1 aromatic rings. The predicted molar refractivity (Wildman–Crippen MR) is 70.7 cm³/mol. The van der Waals surface area contributed by atoms with Crippen LogP contribution in [-0.2, 0) is 4.74 Å². The number of amides is 1. The van der Waals surface area contributed by atoms with E-state index in [0.29, 0.717) is 11.6 Å². The van der Waals surface area contributed by atoms with Gasteiger partial charge < -0.3 is 10.1 Å². The zero-order valence-corrected chi connectivity index (χ0v) is 11.3. The number of nitrogens with one attached hydrogen (secondary N) is 2. The summed E-state index contributed by atoms with van der Waals surface area (Å²) in [7, 11) is 0. The Balaban J connectivity index is 2.50. The standard InChI is InChI=1S/C12H20N4O2/c1-5-8-13-9-6-7-10(16-15-9)14-11(17)18-12(2,3)4/h6-7H,5,8H2,1-4H3,(H,13,15)(H,14,16,17). The zero-order chi connectivity index (χ0) is 13.6. The Bertz CT molecular complexity index is 384. The monoisotopic (exact) mass is 252 g/mol. The van der Waals surface area contributed by atoms with E-state index in [4.69, 9.17) is 4.74 Å². The molecule has 0 atom stereocenters. The quantitative estimate of drug-likeness (QED) is 0.861. The molecule has 0 saturated heterocycles. The lowest BCUT2D eigenvalue weighted by Gasteiger charge is -2.19. The Morgan fingerprint density at radius 1 is 1.28 bits per heavy atom. The van der Waals surface area contributed by atoms with Crippen molar-refractivity contribution in [3.63, 3.8) is 0 Å². The van der Waals surface area contributed by atoms with Gasteiger partial charge in [-0.05, 0) is 39.3 Å². The first kappa shape index (κ1) is 14.2. The van der Waals surface area contributed by atoms with E-state index in [2.05, 4.69) is 27.8 Å². The van der Waals surface area contributed by atoms with Gasteiger partial charge in [-0.15, -0.1) is 10.2 Å². The number of anilines is 2. The molecular formula is C12H20N4O2. The number of hydrogen-bond donors (Lipinski definition) is 2. The van der Waals surface area contributed by atoms with Crippen molar-refractivity contribution >= 4 is 17.7 Å². The molecule has 0 aliphatic rings. The van der Waals surface area contributed by atoms with Gasteiger partial charge in [0.15, 0.2) is 5.82 Å². The Morgan fingerprint density at radius 2 is 1.89 bits per heavy atom. The van der Waals surface area contributed by atoms with Crippen LogP contribution >= 0.6 is 0 Å². The topological polar surface area (TPSA) is 76.1 Å². The molecule has 6 heteroatoms. The summed E-state index contributed by atoms with van der Waals surface area (Å²) in [5.74, 6) is 1.05. The third-order valence-electron chi connectivity index (χ3n) is 1.85. The third-order valence-corrected chi connectivity index (χ3v) is 1.85. The maximum Gasteiger partial charge on any atom is 0.413 e. The van der Waals surface area contributed by atoms with Gasteiger partial charge in [-0.1, -0.05) is 6.92 Å². The van der Waals surface area contributed by atoms with Crippen LogP contribution in [-0.4, -0.2) is 28.4 Å². The summed E-state index contributed by atoms with van der Waals surface area (Å²) in [5, 5.41) is 13.4. The molecule has 1 amide bonds. The molecule has 0 aliphatic heterocycles. The molecule has 1 rings (SSSR count). The highest BCUT2D eigenvalue weighted by Gasteiger charge is 2.16. The minimum absolute atomic E-state index is 0.367. The lowest BCUT2D eigenvalue weighted by molar-refractivity contribution is 0.0635. The van der Waals surface area contributed by atoms with Gasteiger partial charge in [-0.2, -0.15) is 0 Å². The first-order valence-corrected chi connectivity index (χ1v) is 5.98. The van der Waals surface area contributed by atoms with Gasteiger partial charge in [0.05, 0.1) is 0 Å². The highest BCUT2D eigenvalue weighted by Crippen LogP contribution is 2.10. The highest BCUT2D eigenvalue weighted by molar-refractivity contribution is 5.83. The lowest BCUT2D eigenvalue weighted by Crippen LogP contribution is -2.27. The normalized spacial score (nSPS) is 10.9. The van der Waals surface area contributed by atoms with E-state index in [1.54, 1.807) is 32.9 Å². The second-order valence-electron chi connectivity index (χ2n) is 4.86. The largest absolute Gasteiger partial charge is 0.444 e. The molecule has 100 valence electrons. The Labute approximate surface area is 107 Å². The van der Waals surface area contributed by atoms with Crippen LogP contribution in [0.1, 0.15) is 34.1 Å². The number of aromatic nitrogens is 2. The van der Waals surface area contributed by atoms with E-state index in [0.717, 1.165) is 13.0 Å². The van der Waals surface area contributed by atoms with Gasteiger partial charge in [-0.25, -0.2) is 4.79 Å². The van der Waals surface area contributed by atoms with Crippen LogP contribution in [0.25, 0.3) is 0 Å². The summed E-state index contributed by atoms with van der Waals surface area (Å²) in [6.07, 6.45) is 0.477. The van der Waals surface area contributed by atoms with E-state index < -0.39 is 11.7 Å². The molecule has 0 unspecified atom stereocenters. The van der Waals surface area contributed by atoms with Crippen LogP contribution in [0.15, 0.2) is 12.1 Å². The maximum atomic E-state index is 11.5. The molecule has 6 nitrogen and oxygen atoms in total. The minimum atomic E-state index is -0.536. The molecule has 0 bridgehead atoms. The van der Waals surface area contributed by atoms with Crippen molar-refractivity contribution in [2.75, 3.05) is 17.2 Å². The van der Waals surface area contributed by atoms with E-state index in [1.807, 2.05) is 0 Å². The molecule has 0 radical (unpaired) electrons.